The van der Waals surface area contributed by atoms with Crippen molar-refractivity contribution in [2.24, 2.45) is 0 Å². The molecule has 0 aliphatic rings. The topological polar surface area (TPSA) is 79.4 Å². The number of ether oxygens (including phenoxy) is 1. The number of carbonyl (C=O) groups excluding carboxylic acids is 2. The molecule has 24 heavy (non-hydrogen) atoms. The highest BCUT2D eigenvalue weighted by Gasteiger charge is 2.25. The van der Waals surface area contributed by atoms with Crippen LogP contribution >= 0.6 is 15.9 Å². The number of esters is 1. The molecular weight excluding hydrogens is 374 g/mol. The number of ketones is 1. The molecule has 1 aromatic heterocycles. The van der Waals surface area contributed by atoms with Crippen LogP contribution in [-0.2, 0) is 4.74 Å². The Kier molecular flexibility index (Phi) is 5.62. The molecule has 0 saturated carbocycles. The summed E-state index contributed by atoms with van der Waals surface area (Å²) < 4.78 is 6.17. The summed E-state index contributed by atoms with van der Waals surface area (Å²) in [6.45, 7) is 6.70. The number of hydrogen-bond donors (Lipinski definition) is 2. The molecule has 0 unspecified atom stereocenters. The van der Waals surface area contributed by atoms with Crippen molar-refractivity contribution in [1.82, 2.24) is 4.98 Å². The number of halogens is 1. The maximum absolute atomic E-state index is 12.4. The van der Waals surface area contributed by atoms with E-state index in [0.29, 0.717) is 22.4 Å². The Labute approximate surface area is 149 Å². The Hall–Kier alpha value is -1.92. The fraction of sp³-hybridized carbons (Fsp3) is 0.333. The van der Waals surface area contributed by atoms with Crippen molar-refractivity contribution in [3.8, 4) is 0 Å². The van der Waals surface area contributed by atoms with Crippen LogP contribution in [0.2, 0.25) is 0 Å². The summed E-state index contributed by atoms with van der Waals surface area (Å²) in [5.41, 5.74) is 2.76. The van der Waals surface area contributed by atoms with Gasteiger partial charge in [0, 0.05) is 21.3 Å². The van der Waals surface area contributed by atoms with E-state index in [1.807, 2.05) is 0 Å². The van der Waals surface area contributed by atoms with E-state index in [9.17, 15) is 14.7 Å². The summed E-state index contributed by atoms with van der Waals surface area (Å²) >= 11 is 3.31. The molecule has 2 atom stereocenters. The Morgan fingerprint density at radius 1 is 1.17 bits per heavy atom. The smallest absolute Gasteiger partial charge is 0.355 e. The van der Waals surface area contributed by atoms with Gasteiger partial charge in [-0.05, 0) is 45.4 Å². The van der Waals surface area contributed by atoms with E-state index in [2.05, 4.69) is 20.9 Å². The van der Waals surface area contributed by atoms with Crippen LogP contribution in [0.4, 0.5) is 0 Å². The lowest BCUT2D eigenvalue weighted by molar-refractivity contribution is 0.0313. The van der Waals surface area contributed by atoms with Crippen molar-refractivity contribution in [1.29, 1.82) is 0 Å². The number of H-pyrrole nitrogens is 1. The van der Waals surface area contributed by atoms with Gasteiger partial charge in [0.05, 0.1) is 6.10 Å². The average molecular weight is 394 g/mol. The quantitative estimate of drug-likeness (QED) is 0.596. The third-order valence-electron chi connectivity index (χ3n) is 3.90. The molecule has 2 N–H and O–H groups in total. The fourth-order valence-corrected chi connectivity index (χ4v) is 2.98. The van der Waals surface area contributed by atoms with Crippen molar-refractivity contribution in [3.63, 3.8) is 0 Å². The average Bonchev–Trinajstić information content (AvgIpc) is 2.82. The number of aryl methyl sites for hydroxylation is 1. The third-order valence-corrected chi connectivity index (χ3v) is 4.43. The molecule has 0 fully saturated rings. The van der Waals surface area contributed by atoms with Crippen molar-refractivity contribution >= 4 is 27.7 Å². The van der Waals surface area contributed by atoms with Gasteiger partial charge in [0.15, 0.2) is 6.10 Å². The van der Waals surface area contributed by atoms with Gasteiger partial charge in [-0.3, -0.25) is 4.79 Å². The van der Waals surface area contributed by atoms with Gasteiger partial charge >= 0.3 is 5.97 Å². The van der Waals surface area contributed by atoms with Crippen LogP contribution in [0.1, 0.15) is 57.6 Å². The summed E-state index contributed by atoms with van der Waals surface area (Å²) in [5.74, 6) is -0.881. The normalized spacial score (nSPS) is 13.4. The molecular formula is C18H20BrNO4. The minimum atomic E-state index is -0.906. The summed E-state index contributed by atoms with van der Waals surface area (Å²) in [4.78, 5) is 27.6. The predicted octanol–water partition coefficient (Wildman–Crippen LogP) is 3.88. The van der Waals surface area contributed by atoms with Crippen LogP contribution in [0.3, 0.4) is 0 Å². The molecule has 128 valence electrons. The number of hydrogen-bond acceptors (Lipinski definition) is 4. The van der Waals surface area contributed by atoms with E-state index < -0.39 is 18.2 Å². The van der Waals surface area contributed by atoms with E-state index in [1.54, 1.807) is 52.0 Å². The maximum Gasteiger partial charge on any atom is 0.355 e. The molecule has 5 nitrogen and oxygen atoms in total. The van der Waals surface area contributed by atoms with Crippen LogP contribution in [0.15, 0.2) is 28.7 Å². The molecule has 6 heteroatoms. The highest BCUT2D eigenvalue weighted by Crippen LogP contribution is 2.25. The molecule has 0 amide bonds. The molecule has 0 saturated heterocycles. The van der Waals surface area contributed by atoms with Crippen LogP contribution in [0.25, 0.3) is 0 Å². The van der Waals surface area contributed by atoms with Crippen LogP contribution < -0.4 is 0 Å². The van der Waals surface area contributed by atoms with E-state index in [1.165, 1.54) is 0 Å². The Bertz CT molecular complexity index is 762. The van der Waals surface area contributed by atoms with Gasteiger partial charge in [-0.2, -0.15) is 0 Å². The summed E-state index contributed by atoms with van der Waals surface area (Å²) in [6, 6.07) is 6.86. The Balaban J connectivity index is 2.16. The number of rotatable bonds is 5. The number of nitrogens with one attached hydrogen (secondary N) is 1. The molecule has 2 aromatic rings. The monoisotopic (exact) mass is 393 g/mol. The van der Waals surface area contributed by atoms with Crippen LogP contribution in [-0.4, -0.2) is 27.9 Å². The first kappa shape index (κ1) is 18.4. The van der Waals surface area contributed by atoms with Crippen LogP contribution in [0.5, 0.6) is 0 Å². The third kappa shape index (κ3) is 3.76. The molecule has 0 bridgehead atoms. The van der Waals surface area contributed by atoms with E-state index >= 15 is 0 Å². The zero-order valence-electron chi connectivity index (χ0n) is 14.0. The standard InChI is InChI=1S/C18H20BrNO4/c1-9-15(11(3)21)10(2)20-16(9)18(23)24-12(4)17(22)13-5-7-14(19)8-6-13/h5-8,11-12,20-21H,1-4H3/t11-,12-/m0/s1. The second-order valence-electron chi connectivity index (χ2n) is 5.76. The molecule has 2 rings (SSSR count). The first-order valence-corrected chi connectivity index (χ1v) is 8.39. The molecule has 1 heterocycles. The van der Waals surface area contributed by atoms with E-state index in [4.69, 9.17) is 4.74 Å². The highest BCUT2D eigenvalue weighted by molar-refractivity contribution is 9.10. The summed E-state index contributed by atoms with van der Waals surface area (Å²) in [7, 11) is 0. The lowest BCUT2D eigenvalue weighted by Gasteiger charge is -2.12. The number of carbonyl (C=O) groups is 2. The minimum absolute atomic E-state index is 0.263. The fourth-order valence-electron chi connectivity index (χ4n) is 2.72. The molecule has 1 aromatic carbocycles. The molecule has 0 aliphatic carbocycles. The van der Waals surface area contributed by atoms with Crippen LogP contribution in [0, 0.1) is 13.8 Å². The highest BCUT2D eigenvalue weighted by atomic mass is 79.9. The molecule has 0 aliphatic heterocycles. The molecule has 0 radical (unpaired) electrons. The Morgan fingerprint density at radius 2 is 1.75 bits per heavy atom. The first-order chi connectivity index (χ1) is 11.2. The van der Waals surface area contributed by atoms with Crippen molar-refractivity contribution < 1.29 is 19.4 Å². The first-order valence-electron chi connectivity index (χ1n) is 7.60. The second kappa shape index (κ2) is 7.32. The van der Waals surface area contributed by atoms with Gasteiger partial charge in [0.2, 0.25) is 5.78 Å². The lowest BCUT2D eigenvalue weighted by Crippen LogP contribution is -2.25. The van der Waals surface area contributed by atoms with Gasteiger partial charge in [0.1, 0.15) is 5.69 Å². The van der Waals surface area contributed by atoms with E-state index in [-0.39, 0.29) is 11.5 Å². The summed E-state index contributed by atoms with van der Waals surface area (Å²) in [6.07, 6.45) is -1.60. The number of aliphatic hydroxyl groups excluding tert-OH is 1. The summed E-state index contributed by atoms with van der Waals surface area (Å²) in [5, 5.41) is 9.79. The van der Waals surface area contributed by atoms with Crippen molar-refractivity contribution in [2.75, 3.05) is 0 Å². The van der Waals surface area contributed by atoms with E-state index in [0.717, 1.165) is 4.47 Å². The minimum Gasteiger partial charge on any atom is -0.450 e. The number of aromatic amines is 1. The Morgan fingerprint density at radius 3 is 2.25 bits per heavy atom. The van der Waals surface area contributed by atoms with Gasteiger partial charge < -0.3 is 14.8 Å². The van der Waals surface area contributed by atoms with Crippen molar-refractivity contribution in [2.45, 2.75) is 39.9 Å². The van der Waals surface area contributed by atoms with Gasteiger partial charge in [-0.15, -0.1) is 0 Å². The number of aliphatic hydroxyl groups is 1. The van der Waals surface area contributed by atoms with Gasteiger partial charge in [-0.25, -0.2) is 4.79 Å². The second-order valence-corrected chi connectivity index (χ2v) is 6.67. The van der Waals surface area contributed by atoms with Gasteiger partial charge in [0.25, 0.3) is 0 Å². The number of benzene rings is 1. The maximum atomic E-state index is 12.4. The predicted molar refractivity (Wildman–Crippen MR) is 94.3 cm³/mol. The van der Waals surface area contributed by atoms with Gasteiger partial charge in [-0.1, -0.05) is 28.1 Å². The SMILES string of the molecule is Cc1[nH]c(C(=O)O[C@@H](C)C(=O)c2ccc(Br)cc2)c(C)c1[C@H](C)O. The number of aromatic nitrogens is 1. The largest absolute Gasteiger partial charge is 0.450 e. The zero-order chi connectivity index (χ0) is 18.0. The lowest BCUT2D eigenvalue weighted by atomic mass is 10.1. The molecule has 0 spiro atoms. The zero-order valence-corrected chi connectivity index (χ0v) is 15.6. The number of Topliss-reactive ketones (excluding diaryl/α,β-unsaturated/α-hetero) is 1. The van der Waals surface area contributed by atoms with Crippen molar-refractivity contribution in [3.05, 3.63) is 56.8 Å².